The first-order valence-electron chi connectivity index (χ1n) is 5.75. The summed E-state index contributed by atoms with van der Waals surface area (Å²) in [5.74, 6) is 0. The fourth-order valence-corrected chi connectivity index (χ4v) is 3.51. The summed E-state index contributed by atoms with van der Waals surface area (Å²) < 4.78 is 0. The first kappa shape index (κ1) is 10.2. The van der Waals surface area contributed by atoms with Gasteiger partial charge < -0.3 is 5.73 Å². The van der Waals surface area contributed by atoms with Crippen molar-refractivity contribution in [1.29, 1.82) is 0 Å². The smallest absolute Gasteiger partial charge is 0.143 e. The van der Waals surface area contributed by atoms with E-state index in [1.807, 2.05) is 18.3 Å². The molecule has 0 saturated heterocycles. The standard InChI is InChI=1S/C12H15N3S/c13-12(5-1-2-6-12)8-10-15-9-4-3-7-14-11(9)16-10/h3-4,7H,1-2,5-6,8,13H2. The minimum absolute atomic E-state index is 0.00608. The fraction of sp³-hybridized carbons (Fsp3) is 0.500. The van der Waals surface area contributed by atoms with Crippen molar-refractivity contribution in [3.8, 4) is 0 Å². The van der Waals surface area contributed by atoms with Gasteiger partial charge >= 0.3 is 0 Å². The Balaban J connectivity index is 1.89. The Morgan fingerprint density at radius 1 is 1.38 bits per heavy atom. The number of thiazole rings is 1. The van der Waals surface area contributed by atoms with E-state index in [-0.39, 0.29) is 5.54 Å². The third kappa shape index (κ3) is 1.83. The lowest BCUT2D eigenvalue weighted by Crippen LogP contribution is -2.38. The average molecular weight is 233 g/mol. The van der Waals surface area contributed by atoms with Gasteiger partial charge in [0.2, 0.25) is 0 Å². The molecule has 0 spiro atoms. The van der Waals surface area contributed by atoms with E-state index in [9.17, 15) is 0 Å². The van der Waals surface area contributed by atoms with E-state index in [4.69, 9.17) is 5.73 Å². The van der Waals surface area contributed by atoms with Crippen LogP contribution in [0.1, 0.15) is 30.7 Å². The highest BCUT2D eigenvalue weighted by Gasteiger charge is 2.30. The van der Waals surface area contributed by atoms with E-state index in [2.05, 4.69) is 9.97 Å². The molecule has 16 heavy (non-hydrogen) atoms. The molecule has 0 atom stereocenters. The van der Waals surface area contributed by atoms with Crippen molar-refractivity contribution in [2.45, 2.75) is 37.6 Å². The van der Waals surface area contributed by atoms with Gasteiger partial charge in [0.05, 0.1) is 5.01 Å². The van der Waals surface area contributed by atoms with Crippen molar-refractivity contribution >= 4 is 21.7 Å². The number of rotatable bonds is 2. The van der Waals surface area contributed by atoms with Crippen molar-refractivity contribution < 1.29 is 0 Å². The summed E-state index contributed by atoms with van der Waals surface area (Å²) in [5.41, 5.74) is 7.36. The summed E-state index contributed by atoms with van der Waals surface area (Å²) in [7, 11) is 0. The molecule has 0 radical (unpaired) electrons. The van der Waals surface area contributed by atoms with E-state index < -0.39 is 0 Å². The van der Waals surface area contributed by atoms with Gasteiger partial charge in [0.15, 0.2) is 0 Å². The van der Waals surface area contributed by atoms with Crippen LogP contribution in [-0.4, -0.2) is 15.5 Å². The van der Waals surface area contributed by atoms with Crippen LogP contribution in [0.15, 0.2) is 18.3 Å². The van der Waals surface area contributed by atoms with Gasteiger partial charge in [-0.15, -0.1) is 0 Å². The van der Waals surface area contributed by atoms with Gasteiger partial charge in [-0.05, 0) is 25.0 Å². The normalized spacial score (nSPS) is 19.3. The largest absolute Gasteiger partial charge is 0.325 e. The number of nitrogens with two attached hydrogens (primary N) is 1. The molecule has 1 aliphatic carbocycles. The molecule has 3 nitrogen and oxygen atoms in total. The summed E-state index contributed by atoms with van der Waals surface area (Å²) in [6.45, 7) is 0. The topological polar surface area (TPSA) is 51.8 Å². The Bertz CT molecular complexity index is 467. The molecule has 0 aliphatic heterocycles. The van der Waals surface area contributed by atoms with Crippen LogP contribution in [-0.2, 0) is 6.42 Å². The van der Waals surface area contributed by atoms with E-state index in [0.717, 1.165) is 34.6 Å². The monoisotopic (exact) mass is 233 g/mol. The Hall–Kier alpha value is -1.00. The molecule has 3 rings (SSSR count). The number of nitrogens with zero attached hydrogens (tertiary/aromatic N) is 2. The van der Waals surface area contributed by atoms with E-state index in [1.165, 1.54) is 12.8 Å². The van der Waals surface area contributed by atoms with E-state index in [1.54, 1.807) is 11.3 Å². The van der Waals surface area contributed by atoms with Gasteiger partial charge in [0.1, 0.15) is 10.3 Å². The quantitative estimate of drug-likeness (QED) is 0.867. The average Bonchev–Trinajstić information content (AvgIpc) is 2.84. The van der Waals surface area contributed by atoms with Crippen LogP contribution in [0.5, 0.6) is 0 Å². The zero-order valence-electron chi connectivity index (χ0n) is 9.15. The van der Waals surface area contributed by atoms with Crippen LogP contribution in [0.25, 0.3) is 10.3 Å². The summed E-state index contributed by atoms with van der Waals surface area (Å²) in [6, 6.07) is 3.94. The van der Waals surface area contributed by atoms with Crippen molar-refractivity contribution in [3.05, 3.63) is 23.3 Å². The molecule has 0 unspecified atom stereocenters. The molecule has 0 bridgehead atoms. The van der Waals surface area contributed by atoms with Crippen molar-refractivity contribution in [1.82, 2.24) is 9.97 Å². The number of fused-ring (bicyclic) bond motifs is 1. The van der Waals surface area contributed by atoms with E-state index in [0.29, 0.717) is 0 Å². The Morgan fingerprint density at radius 2 is 2.19 bits per heavy atom. The van der Waals surface area contributed by atoms with Crippen molar-refractivity contribution in [2.75, 3.05) is 0 Å². The molecule has 1 fully saturated rings. The Labute approximate surface area is 98.7 Å². The highest BCUT2D eigenvalue weighted by Crippen LogP contribution is 2.32. The SMILES string of the molecule is NC1(Cc2nc3cccnc3s2)CCCC1. The van der Waals surface area contributed by atoms with Gasteiger partial charge in [-0.1, -0.05) is 24.2 Å². The molecule has 0 aromatic carbocycles. The van der Waals surface area contributed by atoms with Gasteiger partial charge in [-0.25, -0.2) is 9.97 Å². The molecule has 2 heterocycles. The number of aromatic nitrogens is 2. The molecule has 84 valence electrons. The molecule has 1 saturated carbocycles. The minimum atomic E-state index is -0.00608. The Kier molecular flexibility index (Phi) is 2.41. The molecule has 1 aliphatic rings. The maximum atomic E-state index is 6.36. The van der Waals surface area contributed by atoms with Gasteiger partial charge in [0.25, 0.3) is 0 Å². The second kappa shape index (κ2) is 3.79. The second-order valence-electron chi connectivity index (χ2n) is 4.68. The van der Waals surface area contributed by atoms with Gasteiger partial charge in [-0.3, -0.25) is 0 Å². The van der Waals surface area contributed by atoms with Crippen LogP contribution in [0, 0.1) is 0 Å². The minimum Gasteiger partial charge on any atom is -0.325 e. The summed E-state index contributed by atoms with van der Waals surface area (Å²) in [5, 5.41) is 1.14. The molecule has 4 heteroatoms. The zero-order valence-corrected chi connectivity index (χ0v) is 9.96. The third-order valence-electron chi connectivity index (χ3n) is 3.31. The van der Waals surface area contributed by atoms with Crippen molar-refractivity contribution in [2.24, 2.45) is 5.73 Å². The number of pyridine rings is 1. The molecule has 2 aromatic rings. The summed E-state index contributed by atoms with van der Waals surface area (Å²) in [6.07, 6.45) is 7.53. The lowest BCUT2D eigenvalue weighted by atomic mass is 9.95. The molecular formula is C12H15N3S. The highest BCUT2D eigenvalue weighted by atomic mass is 32.1. The van der Waals surface area contributed by atoms with Crippen LogP contribution in [0.4, 0.5) is 0 Å². The maximum Gasteiger partial charge on any atom is 0.143 e. The van der Waals surface area contributed by atoms with Crippen LogP contribution >= 0.6 is 11.3 Å². The summed E-state index contributed by atoms with van der Waals surface area (Å²) in [4.78, 5) is 9.94. The number of hydrogen-bond donors (Lipinski definition) is 1. The lowest BCUT2D eigenvalue weighted by Gasteiger charge is -2.21. The fourth-order valence-electron chi connectivity index (χ4n) is 2.45. The first-order chi connectivity index (χ1) is 7.75. The first-order valence-corrected chi connectivity index (χ1v) is 6.56. The second-order valence-corrected chi connectivity index (χ2v) is 5.74. The predicted octanol–water partition coefficient (Wildman–Crippen LogP) is 2.51. The predicted molar refractivity (Wildman–Crippen MR) is 66.5 cm³/mol. The molecular weight excluding hydrogens is 218 g/mol. The third-order valence-corrected chi connectivity index (χ3v) is 4.29. The van der Waals surface area contributed by atoms with Crippen LogP contribution < -0.4 is 5.73 Å². The van der Waals surface area contributed by atoms with Crippen LogP contribution in [0.2, 0.25) is 0 Å². The molecule has 2 aromatic heterocycles. The molecule has 0 amide bonds. The Morgan fingerprint density at radius 3 is 2.94 bits per heavy atom. The maximum absolute atomic E-state index is 6.36. The van der Waals surface area contributed by atoms with E-state index >= 15 is 0 Å². The van der Waals surface area contributed by atoms with Crippen molar-refractivity contribution in [3.63, 3.8) is 0 Å². The summed E-state index contributed by atoms with van der Waals surface area (Å²) >= 11 is 1.68. The van der Waals surface area contributed by atoms with Crippen LogP contribution in [0.3, 0.4) is 0 Å². The zero-order chi connectivity index (χ0) is 11.0. The van der Waals surface area contributed by atoms with Gasteiger partial charge in [-0.2, -0.15) is 0 Å². The molecule has 2 N–H and O–H groups in total. The lowest BCUT2D eigenvalue weighted by molar-refractivity contribution is 0.436. The highest BCUT2D eigenvalue weighted by molar-refractivity contribution is 7.18. The van der Waals surface area contributed by atoms with Gasteiger partial charge in [0, 0.05) is 18.2 Å². The number of hydrogen-bond acceptors (Lipinski definition) is 4.